The number of nitrogens with zero attached hydrogens (tertiary/aromatic N) is 1. The van der Waals surface area contributed by atoms with Crippen molar-refractivity contribution in [3.05, 3.63) is 89.8 Å². The van der Waals surface area contributed by atoms with Crippen LogP contribution >= 0.6 is 0 Å². The molecule has 4 nitrogen and oxygen atoms in total. The average Bonchev–Trinajstić information content (AvgIpc) is 2.98. The number of carbonyl (C=O) groups is 1. The number of carbonyl (C=O) groups excluding carboxylic acids is 1. The number of hydrogen-bond acceptors (Lipinski definition) is 4. The van der Waals surface area contributed by atoms with E-state index < -0.39 is 0 Å². The number of hydrogen-bond donors (Lipinski definition) is 1. The molecule has 0 aliphatic carbocycles. The quantitative estimate of drug-likeness (QED) is 0.0764. The third-order valence-electron chi connectivity index (χ3n) is 8.60. The van der Waals surface area contributed by atoms with Gasteiger partial charge in [-0.3, -0.25) is 4.79 Å². The van der Waals surface area contributed by atoms with Gasteiger partial charge in [0.25, 0.3) is 0 Å². The Hall–Kier alpha value is -3.53. The normalized spacial score (nSPS) is 12.1. The van der Waals surface area contributed by atoms with Crippen molar-refractivity contribution in [2.75, 3.05) is 0 Å². The maximum atomic E-state index is 11.7. The number of fused-ring (bicyclic) bond motifs is 5. The SMILES string of the molecule is CCC(CC)C(=O)/C=C(\O)C(CC)CC.Cc1[c-]c2c(cc3c4c(ccnc42)-c2cc4ccccc4cc2O3)c(C)c1.[Ir]. The van der Waals surface area contributed by atoms with Gasteiger partial charge in [-0.05, 0) is 60.2 Å². The molecule has 0 fully saturated rings. The van der Waals surface area contributed by atoms with E-state index >= 15 is 0 Å². The van der Waals surface area contributed by atoms with Gasteiger partial charge >= 0.3 is 0 Å². The van der Waals surface area contributed by atoms with Crippen LogP contribution in [0, 0.1) is 31.7 Å². The van der Waals surface area contributed by atoms with Crippen molar-refractivity contribution in [3.8, 4) is 22.6 Å². The molecule has 0 unspecified atom stereocenters. The Balaban J connectivity index is 0.000000230. The van der Waals surface area contributed by atoms with Crippen molar-refractivity contribution in [2.45, 2.75) is 67.2 Å². The number of benzene rings is 4. The zero-order valence-corrected chi connectivity index (χ0v) is 28.3. The van der Waals surface area contributed by atoms with Crippen LogP contribution in [0.3, 0.4) is 0 Å². The molecule has 0 amide bonds. The van der Waals surface area contributed by atoms with E-state index in [0.29, 0.717) is 0 Å². The molecular formula is C38H40IrNO3-. The van der Waals surface area contributed by atoms with Gasteiger partial charge in [0.1, 0.15) is 11.5 Å². The van der Waals surface area contributed by atoms with Crippen molar-refractivity contribution in [1.29, 1.82) is 0 Å². The van der Waals surface area contributed by atoms with Gasteiger partial charge in [-0.25, -0.2) is 0 Å². The summed E-state index contributed by atoms with van der Waals surface area (Å²) in [5.41, 5.74) is 5.62. The van der Waals surface area contributed by atoms with E-state index in [2.05, 4.69) is 74.5 Å². The monoisotopic (exact) mass is 751 g/mol. The van der Waals surface area contributed by atoms with Crippen molar-refractivity contribution >= 4 is 38.2 Å². The molecule has 0 bridgehead atoms. The van der Waals surface area contributed by atoms with Crippen LogP contribution in [0.2, 0.25) is 0 Å². The Morgan fingerprint density at radius 1 is 0.884 bits per heavy atom. The summed E-state index contributed by atoms with van der Waals surface area (Å²) in [6.07, 6.45) is 6.81. The van der Waals surface area contributed by atoms with Gasteiger partial charge in [0.05, 0.1) is 5.76 Å². The summed E-state index contributed by atoms with van der Waals surface area (Å²) in [5.74, 6) is 2.33. The van der Waals surface area contributed by atoms with Crippen LogP contribution in [0.25, 0.3) is 43.6 Å². The molecule has 1 aliphatic heterocycles. The Morgan fingerprint density at radius 2 is 1.53 bits per heavy atom. The fourth-order valence-corrected chi connectivity index (χ4v) is 6.09. The molecule has 0 saturated carbocycles. The summed E-state index contributed by atoms with van der Waals surface area (Å²) >= 11 is 0. The van der Waals surface area contributed by atoms with Crippen molar-refractivity contribution in [2.24, 2.45) is 11.8 Å². The minimum atomic E-state index is 0. The van der Waals surface area contributed by atoms with E-state index in [1.165, 1.54) is 28.0 Å². The molecule has 1 N–H and O–H groups in total. The molecule has 5 aromatic rings. The summed E-state index contributed by atoms with van der Waals surface area (Å²) in [4.78, 5) is 16.4. The van der Waals surface area contributed by atoms with E-state index in [1.807, 2.05) is 33.9 Å². The standard InChI is InChI=1S/C25H16NO.C13H24O2.Ir/c1-14-9-15(2)19-13-23-24-18(7-8-26-25(24)21(19)10-14)20-11-16-5-3-4-6-17(16)12-22(20)27-23;1-5-10(6-2)12(14)9-13(15)11(7-3)8-4;/h3-9,11-13H,1-2H3;9-11,14H,5-8H2,1-4H3;/q-1;;/b;12-9-;. The van der Waals surface area contributed by atoms with Crippen LogP contribution in [0.15, 0.2) is 72.6 Å². The molecule has 6 rings (SSSR count). The fourth-order valence-electron chi connectivity index (χ4n) is 6.09. The number of pyridine rings is 1. The summed E-state index contributed by atoms with van der Waals surface area (Å²) in [6.45, 7) is 12.3. The first-order valence-corrected chi connectivity index (χ1v) is 15.2. The molecule has 1 aliphatic rings. The number of allylic oxidation sites excluding steroid dienone is 2. The van der Waals surface area contributed by atoms with Crippen LogP contribution in [-0.4, -0.2) is 15.9 Å². The molecule has 1 radical (unpaired) electrons. The molecule has 0 spiro atoms. The summed E-state index contributed by atoms with van der Waals surface area (Å²) < 4.78 is 6.40. The molecule has 43 heavy (non-hydrogen) atoms. The third-order valence-corrected chi connectivity index (χ3v) is 8.60. The minimum Gasteiger partial charge on any atom is -0.512 e. The molecule has 4 aromatic carbocycles. The van der Waals surface area contributed by atoms with Gasteiger partial charge in [-0.15, -0.1) is 28.6 Å². The Morgan fingerprint density at radius 3 is 2.19 bits per heavy atom. The molecule has 225 valence electrons. The van der Waals surface area contributed by atoms with Crippen molar-refractivity contribution in [3.63, 3.8) is 0 Å². The maximum absolute atomic E-state index is 11.7. The van der Waals surface area contributed by atoms with Crippen LogP contribution in [0.1, 0.15) is 64.5 Å². The Bertz CT molecular complexity index is 1820. The predicted molar refractivity (Wildman–Crippen MR) is 174 cm³/mol. The zero-order chi connectivity index (χ0) is 30.0. The van der Waals surface area contributed by atoms with Crippen LogP contribution in [0.5, 0.6) is 11.5 Å². The van der Waals surface area contributed by atoms with Crippen LogP contribution in [-0.2, 0) is 24.9 Å². The molecule has 1 aromatic heterocycles. The number of aryl methyl sites for hydroxylation is 2. The molecule has 5 heteroatoms. The third kappa shape index (κ3) is 6.39. The summed E-state index contributed by atoms with van der Waals surface area (Å²) in [6, 6.07) is 22.7. The van der Waals surface area contributed by atoms with E-state index in [0.717, 1.165) is 70.0 Å². The van der Waals surface area contributed by atoms with E-state index in [4.69, 9.17) is 9.72 Å². The van der Waals surface area contributed by atoms with Crippen molar-refractivity contribution in [1.82, 2.24) is 4.98 Å². The molecule has 0 saturated heterocycles. The Kier molecular flexibility index (Phi) is 10.4. The fraction of sp³-hybridized carbons (Fsp3) is 0.316. The number of ketones is 1. The molecule has 2 heterocycles. The smallest absolute Gasteiger partial charge is 0.162 e. The molecular weight excluding hydrogens is 711 g/mol. The van der Waals surface area contributed by atoms with E-state index in [-0.39, 0.29) is 43.5 Å². The van der Waals surface area contributed by atoms with Gasteiger partial charge in [0.15, 0.2) is 5.78 Å². The second-order valence-corrected chi connectivity index (χ2v) is 11.3. The number of rotatable bonds is 7. The second kappa shape index (κ2) is 13.8. The number of aliphatic hydroxyl groups excluding tert-OH is 1. The summed E-state index contributed by atoms with van der Waals surface area (Å²) in [7, 11) is 0. The first-order valence-electron chi connectivity index (χ1n) is 15.2. The molecule has 0 atom stereocenters. The number of aromatic nitrogens is 1. The predicted octanol–water partition coefficient (Wildman–Crippen LogP) is 10.6. The largest absolute Gasteiger partial charge is 0.512 e. The van der Waals surface area contributed by atoms with Gasteiger partial charge in [-0.2, -0.15) is 0 Å². The van der Waals surface area contributed by atoms with Gasteiger partial charge < -0.3 is 14.8 Å². The minimum absolute atomic E-state index is 0. The zero-order valence-electron chi connectivity index (χ0n) is 25.9. The van der Waals surface area contributed by atoms with E-state index in [9.17, 15) is 9.90 Å². The maximum Gasteiger partial charge on any atom is 0.162 e. The van der Waals surface area contributed by atoms with Crippen LogP contribution < -0.4 is 4.74 Å². The average molecular weight is 751 g/mol. The van der Waals surface area contributed by atoms with E-state index in [1.54, 1.807) is 0 Å². The van der Waals surface area contributed by atoms with Gasteiger partial charge in [0.2, 0.25) is 0 Å². The van der Waals surface area contributed by atoms with Crippen molar-refractivity contribution < 1.29 is 34.7 Å². The van der Waals surface area contributed by atoms with Crippen LogP contribution in [0.4, 0.5) is 0 Å². The Labute approximate surface area is 268 Å². The second-order valence-electron chi connectivity index (χ2n) is 11.3. The first-order chi connectivity index (χ1) is 20.3. The van der Waals surface area contributed by atoms with Gasteiger partial charge in [0, 0.05) is 60.7 Å². The number of ether oxygens (including phenoxy) is 1. The first kappa shape index (κ1) is 32.4. The summed E-state index contributed by atoms with van der Waals surface area (Å²) in [5, 5.41) is 15.5. The van der Waals surface area contributed by atoms with Gasteiger partial charge in [-0.1, -0.05) is 77.3 Å². The number of aliphatic hydroxyl groups is 1. The topological polar surface area (TPSA) is 59.4 Å².